The highest BCUT2D eigenvalue weighted by atomic mass is 32.2. The van der Waals surface area contributed by atoms with Gasteiger partial charge in [0.25, 0.3) is 0 Å². The van der Waals surface area contributed by atoms with Gasteiger partial charge in [-0.2, -0.15) is 0 Å². The molecule has 0 aromatic heterocycles. The predicted octanol–water partition coefficient (Wildman–Crippen LogP) is 7.56. The minimum atomic E-state index is -0.411. The first-order chi connectivity index (χ1) is 22.4. The van der Waals surface area contributed by atoms with E-state index in [9.17, 15) is 51.1 Å². The summed E-state index contributed by atoms with van der Waals surface area (Å²) in [6, 6.07) is 22.8. The van der Waals surface area contributed by atoms with Gasteiger partial charge in [-0.15, -0.1) is 0 Å². The summed E-state index contributed by atoms with van der Waals surface area (Å²) in [6.45, 7) is 0. The molecule has 0 aliphatic heterocycles. The minimum Gasteiger partial charge on any atom is -0.507 e. The van der Waals surface area contributed by atoms with Gasteiger partial charge in [0.2, 0.25) is 0 Å². The van der Waals surface area contributed by atoms with Crippen molar-refractivity contribution < 1.29 is 51.1 Å². The number of phenols is 10. The standard InChI is InChI=1S/C36H26O10S/c37-27-5-1-17(9-31(27)41)23-13-21(14-24(35(23)45)18-2-6-28(38)32(42)10-18)47-22-15-25(19-3-7-29(39)33(43)11-19)36(46)26(16-22)20-4-8-30(40)34(44)12-20/h1-16,37-46H. The molecular formula is C36H26O10S. The summed E-state index contributed by atoms with van der Waals surface area (Å²) in [5.41, 5.74) is 2.48. The second-order valence-corrected chi connectivity index (χ2v) is 11.8. The van der Waals surface area contributed by atoms with Gasteiger partial charge in [0.15, 0.2) is 46.0 Å². The van der Waals surface area contributed by atoms with E-state index in [0.29, 0.717) is 32.0 Å². The molecule has 0 aliphatic carbocycles. The largest absolute Gasteiger partial charge is 0.507 e. The highest BCUT2D eigenvalue weighted by Crippen LogP contribution is 2.49. The van der Waals surface area contributed by atoms with E-state index in [2.05, 4.69) is 0 Å². The minimum absolute atomic E-state index is 0.212. The van der Waals surface area contributed by atoms with Gasteiger partial charge in [0.05, 0.1) is 0 Å². The summed E-state index contributed by atoms with van der Waals surface area (Å²) in [4.78, 5) is 1.08. The highest BCUT2D eigenvalue weighted by molar-refractivity contribution is 7.99. The van der Waals surface area contributed by atoms with E-state index in [1.165, 1.54) is 84.6 Å². The lowest BCUT2D eigenvalue weighted by Gasteiger charge is -2.17. The fraction of sp³-hybridized carbons (Fsp3) is 0. The van der Waals surface area contributed by atoms with Crippen molar-refractivity contribution in [3.8, 4) is 102 Å². The maximum atomic E-state index is 11.4. The Morgan fingerprint density at radius 1 is 0.277 bits per heavy atom. The van der Waals surface area contributed by atoms with Gasteiger partial charge in [-0.1, -0.05) is 36.0 Å². The summed E-state index contributed by atoms with van der Waals surface area (Å²) < 4.78 is 0. The van der Waals surface area contributed by atoms with Gasteiger partial charge < -0.3 is 51.1 Å². The Labute approximate surface area is 271 Å². The molecule has 6 aromatic rings. The first-order valence-corrected chi connectivity index (χ1v) is 14.7. The zero-order valence-corrected chi connectivity index (χ0v) is 24.9. The third-order valence-corrected chi connectivity index (χ3v) is 8.49. The van der Waals surface area contributed by atoms with Crippen LogP contribution in [0.3, 0.4) is 0 Å². The molecule has 0 radical (unpaired) electrons. The number of hydrogen-bond acceptors (Lipinski definition) is 11. The normalized spacial score (nSPS) is 11.1. The van der Waals surface area contributed by atoms with E-state index in [0.717, 1.165) is 0 Å². The average molecular weight is 651 g/mol. The number of rotatable bonds is 6. The quantitative estimate of drug-likeness (QED) is 0.0797. The van der Waals surface area contributed by atoms with Crippen molar-refractivity contribution in [2.45, 2.75) is 9.79 Å². The lowest BCUT2D eigenvalue weighted by Crippen LogP contribution is -1.89. The molecule has 10 nitrogen and oxygen atoms in total. The van der Waals surface area contributed by atoms with Gasteiger partial charge in [-0.05, 0) is 95.1 Å². The topological polar surface area (TPSA) is 202 Å². The van der Waals surface area contributed by atoms with Gasteiger partial charge in [0, 0.05) is 32.0 Å². The second kappa shape index (κ2) is 11.9. The lowest BCUT2D eigenvalue weighted by molar-refractivity contribution is 0.404. The van der Waals surface area contributed by atoms with Crippen molar-refractivity contribution in [1.29, 1.82) is 0 Å². The monoisotopic (exact) mass is 650 g/mol. The summed E-state index contributed by atoms with van der Waals surface area (Å²) in [7, 11) is 0. The van der Waals surface area contributed by atoms with Crippen LogP contribution in [0, 0.1) is 0 Å². The first kappa shape index (κ1) is 30.7. The van der Waals surface area contributed by atoms with Crippen LogP contribution in [0.25, 0.3) is 44.5 Å². The van der Waals surface area contributed by atoms with Gasteiger partial charge in [-0.25, -0.2) is 0 Å². The van der Waals surface area contributed by atoms with Gasteiger partial charge in [-0.3, -0.25) is 0 Å². The maximum Gasteiger partial charge on any atom is 0.158 e. The van der Waals surface area contributed by atoms with Crippen LogP contribution in [-0.2, 0) is 0 Å². The molecule has 0 unspecified atom stereocenters. The Balaban J connectivity index is 1.56. The molecular weight excluding hydrogens is 624 g/mol. The molecule has 6 rings (SSSR count). The number of benzene rings is 6. The Kier molecular flexibility index (Phi) is 7.75. The molecule has 0 amide bonds. The molecule has 11 heteroatoms. The summed E-state index contributed by atoms with van der Waals surface area (Å²) >= 11 is 1.20. The molecule has 0 heterocycles. The molecule has 47 heavy (non-hydrogen) atoms. The Morgan fingerprint density at radius 2 is 0.511 bits per heavy atom. The fourth-order valence-electron chi connectivity index (χ4n) is 5.11. The number of hydrogen-bond donors (Lipinski definition) is 10. The smallest absolute Gasteiger partial charge is 0.158 e. The van der Waals surface area contributed by atoms with Gasteiger partial charge in [0.1, 0.15) is 11.5 Å². The van der Waals surface area contributed by atoms with Crippen LogP contribution in [0.2, 0.25) is 0 Å². The van der Waals surface area contributed by atoms with Crippen molar-refractivity contribution in [1.82, 2.24) is 0 Å². The SMILES string of the molecule is Oc1ccc(-c2cc(Sc3cc(-c4ccc(O)c(O)c4)c(O)c(-c4ccc(O)c(O)c4)c3)cc(-c3ccc(O)c(O)c3)c2O)cc1O. The summed E-state index contributed by atoms with van der Waals surface area (Å²) in [5, 5.41) is 103. The zero-order valence-electron chi connectivity index (χ0n) is 24.1. The molecule has 6 aromatic carbocycles. The van der Waals surface area contributed by atoms with Crippen LogP contribution in [0.1, 0.15) is 0 Å². The molecule has 0 fully saturated rings. The van der Waals surface area contributed by atoms with Crippen molar-refractivity contribution >= 4 is 11.8 Å². The Hall–Kier alpha value is -6.33. The third-order valence-electron chi connectivity index (χ3n) is 7.55. The van der Waals surface area contributed by atoms with Crippen molar-refractivity contribution in [3.63, 3.8) is 0 Å². The molecule has 236 valence electrons. The highest BCUT2D eigenvalue weighted by Gasteiger charge is 2.20. The molecule has 0 bridgehead atoms. The van der Waals surface area contributed by atoms with Crippen LogP contribution in [0.15, 0.2) is 107 Å². The molecule has 0 atom stereocenters. The second-order valence-electron chi connectivity index (χ2n) is 10.7. The van der Waals surface area contributed by atoms with Gasteiger partial charge >= 0.3 is 0 Å². The molecule has 0 saturated heterocycles. The lowest BCUT2D eigenvalue weighted by atomic mass is 9.96. The molecule has 0 spiro atoms. The van der Waals surface area contributed by atoms with Crippen LogP contribution in [-0.4, -0.2) is 51.1 Å². The van der Waals surface area contributed by atoms with E-state index in [1.807, 2.05) is 0 Å². The third kappa shape index (κ3) is 5.90. The van der Waals surface area contributed by atoms with E-state index < -0.39 is 23.0 Å². The zero-order chi connectivity index (χ0) is 33.6. The van der Waals surface area contributed by atoms with Crippen LogP contribution >= 0.6 is 11.8 Å². The number of aromatic hydroxyl groups is 10. The molecule has 0 aliphatic rings. The molecule has 0 saturated carbocycles. The Morgan fingerprint density at radius 3 is 0.723 bits per heavy atom. The fourth-order valence-corrected chi connectivity index (χ4v) is 6.09. The maximum absolute atomic E-state index is 11.4. The van der Waals surface area contributed by atoms with Crippen LogP contribution in [0.4, 0.5) is 0 Å². The van der Waals surface area contributed by atoms with Crippen molar-refractivity contribution in [2.75, 3.05) is 0 Å². The van der Waals surface area contributed by atoms with E-state index >= 15 is 0 Å². The number of phenolic OH excluding ortho intramolecular Hbond substituents is 10. The predicted molar refractivity (Wildman–Crippen MR) is 175 cm³/mol. The van der Waals surface area contributed by atoms with Crippen LogP contribution in [0.5, 0.6) is 57.5 Å². The summed E-state index contributed by atoms with van der Waals surface area (Å²) in [5.74, 6) is -3.49. The first-order valence-electron chi connectivity index (χ1n) is 13.9. The average Bonchev–Trinajstić information content (AvgIpc) is 3.04. The summed E-state index contributed by atoms with van der Waals surface area (Å²) in [6.07, 6.45) is 0. The Bertz CT molecular complexity index is 1900. The van der Waals surface area contributed by atoms with Crippen LogP contribution < -0.4 is 0 Å². The van der Waals surface area contributed by atoms with E-state index in [1.54, 1.807) is 24.3 Å². The van der Waals surface area contributed by atoms with Crippen molar-refractivity contribution in [2.24, 2.45) is 0 Å². The molecule has 10 N–H and O–H groups in total. The van der Waals surface area contributed by atoms with E-state index in [4.69, 9.17) is 0 Å². The van der Waals surface area contributed by atoms with Crippen molar-refractivity contribution in [3.05, 3.63) is 97.1 Å². The van der Waals surface area contributed by atoms with E-state index in [-0.39, 0.29) is 56.8 Å².